The molecule has 21 heavy (non-hydrogen) atoms. The molecule has 1 amide bonds. The molecule has 0 saturated carbocycles. The van der Waals surface area contributed by atoms with Crippen molar-refractivity contribution in [3.05, 3.63) is 34.4 Å². The van der Waals surface area contributed by atoms with Gasteiger partial charge in [-0.1, -0.05) is 11.6 Å². The van der Waals surface area contributed by atoms with E-state index in [1.54, 1.807) is 6.07 Å². The molecular formula is C16H19ClN2O2. The number of ether oxygens (including phenoxy) is 1. The molecule has 1 saturated heterocycles. The Bertz CT molecular complexity index is 580. The third-order valence-electron chi connectivity index (χ3n) is 4.14. The van der Waals surface area contributed by atoms with Gasteiger partial charge in [0.05, 0.1) is 5.57 Å². The predicted molar refractivity (Wildman–Crippen MR) is 83.6 cm³/mol. The van der Waals surface area contributed by atoms with Crippen LogP contribution in [0.3, 0.4) is 0 Å². The Balaban J connectivity index is 1.78. The number of rotatable bonds is 2. The first kappa shape index (κ1) is 14.4. The van der Waals surface area contributed by atoms with E-state index >= 15 is 0 Å². The van der Waals surface area contributed by atoms with Gasteiger partial charge in [-0.2, -0.15) is 0 Å². The van der Waals surface area contributed by atoms with Gasteiger partial charge in [-0.25, -0.2) is 0 Å². The molecule has 2 aliphatic heterocycles. The van der Waals surface area contributed by atoms with E-state index in [0.29, 0.717) is 23.2 Å². The molecule has 4 nitrogen and oxygen atoms in total. The van der Waals surface area contributed by atoms with Crippen LogP contribution in [0.15, 0.2) is 23.8 Å². The van der Waals surface area contributed by atoms with Crippen molar-refractivity contribution >= 4 is 23.6 Å². The summed E-state index contributed by atoms with van der Waals surface area (Å²) in [5, 5.41) is 3.96. The van der Waals surface area contributed by atoms with Crippen LogP contribution in [-0.4, -0.2) is 43.6 Å². The molecule has 1 fully saturated rings. The maximum Gasteiger partial charge on any atom is 0.253 e. The average Bonchev–Trinajstić information content (AvgIpc) is 2.53. The van der Waals surface area contributed by atoms with E-state index < -0.39 is 0 Å². The first-order valence-electron chi connectivity index (χ1n) is 7.26. The zero-order valence-corrected chi connectivity index (χ0v) is 12.8. The fraction of sp³-hybridized carbons (Fsp3) is 0.438. The van der Waals surface area contributed by atoms with Crippen molar-refractivity contribution in [2.45, 2.75) is 18.9 Å². The largest absolute Gasteiger partial charge is 0.488 e. The van der Waals surface area contributed by atoms with Crippen LogP contribution >= 0.6 is 11.6 Å². The lowest BCUT2D eigenvalue weighted by atomic mass is 10.0. The van der Waals surface area contributed by atoms with E-state index in [1.165, 1.54) is 0 Å². The van der Waals surface area contributed by atoms with Crippen LogP contribution in [0.4, 0.5) is 0 Å². The topological polar surface area (TPSA) is 41.6 Å². The standard InChI is InChI=1S/C16H19ClN2O2/c1-19(14-4-6-18-7-5-14)16(20)12-8-11-9-13(17)2-3-15(11)21-10-12/h2-3,8-9,14,18H,4-7,10H2,1H3. The minimum absolute atomic E-state index is 0.0486. The predicted octanol–water partition coefficient (Wildman–Crippen LogP) is 2.33. The average molecular weight is 307 g/mol. The molecule has 0 aliphatic carbocycles. The van der Waals surface area contributed by atoms with Gasteiger partial charge in [0.1, 0.15) is 12.4 Å². The quantitative estimate of drug-likeness (QED) is 0.912. The summed E-state index contributed by atoms with van der Waals surface area (Å²) < 4.78 is 5.66. The van der Waals surface area contributed by atoms with Gasteiger partial charge in [0, 0.05) is 23.7 Å². The second-order valence-corrected chi connectivity index (χ2v) is 5.97. The number of carbonyl (C=O) groups excluding carboxylic acids is 1. The molecule has 0 radical (unpaired) electrons. The first-order chi connectivity index (χ1) is 10.1. The molecule has 0 aromatic heterocycles. The molecule has 5 heteroatoms. The van der Waals surface area contributed by atoms with Gasteiger partial charge in [0.2, 0.25) is 0 Å². The second kappa shape index (κ2) is 6.08. The summed E-state index contributed by atoms with van der Waals surface area (Å²) in [5.74, 6) is 0.827. The Kier molecular flexibility index (Phi) is 4.17. The van der Waals surface area contributed by atoms with Gasteiger partial charge in [0.25, 0.3) is 5.91 Å². The highest BCUT2D eigenvalue weighted by molar-refractivity contribution is 6.30. The summed E-state index contributed by atoms with van der Waals surface area (Å²) in [4.78, 5) is 14.5. The number of fused-ring (bicyclic) bond motifs is 1. The maximum absolute atomic E-state index is 12.6. The van der Waals surface area contributed by atoms with Crippen molar-refractivity contribution in [2.24, 2.45) is 0 Å². The third-order valence-corrected chi connectivity index (χ3v) is 4.37. The highest BCUT2D eigenvalue weighted by Crippen LogP contribution is 2.29. The highest BCUT2D eigenvalue weighted by atomic mass is 35.5. The number of carbonyl (C=O) groups is 1. The molecular weight excluding hydrogens is 288 g/mol. The molecule has 1 N–H and O–H groups in total. The Hall–Kier alpha value is -1.52. The number of halogens is 1. The molecule has 3 rings (SSSR count). The number of piperidine rings is 1. The Morgan fingerprint density at radius 3 is 2.90 bits per heavy atom. The van der Waals surface area contributed by atoms with Crippen molar-refractivity contribution in [1.82, 2.24) is 10.2 Å². The lowest BCUT2D eigenvalue weighted by Crippen LogP contribution is -2.45. The van der Waals surface area contributed by atoms with Gasteiger partial charge in [-0.3, -0.25) is 4.79 Å². The summed E-state index contributed by atoms with van der Waals surface area (Å²) in [6.45, 7) is 2.26. The van der Waals surface area contributed by atoms with Gasteiger partial charge in [0.15, 0.2) is 0 Å². The minimum Gasteiger partial charge on any atom is -0.488 e. The molecule has 0 bridgehead atoms. The summed E-state index contributed by atoms with van der Waals surface area (Å²) in [7, 11) is 1.88. The van der Waals surface area contributed by atoms with E-state index in [9.17, 15) is 4.79 Å². The lowest BCUT2D eigenvalue weighted by molar-refractivity contribution is -0.128. The lowest BCUT2D eigenvalue weighted by Gasteiger charge is -2.32. The normalized spacial score (nSPS) is 18.5. The summed E-state index contributed by atoms with van der Waals surface area (Å²) >= 11 is 6.00. The third kappa shape index (κ3) is 3.06. The molecule has 0 unspecified atom stereocenters. The summed E-state index contributed by atoms with van der Waals surface area (Å²) in [6, 6.07) is 5.77. The number of hydrogen-bond acceptors (Lipinski definition) is 3. The fourth-order valence-corrected chi connectivity index (χ4v) is 3.04. The molecule has 2 heterocycles. The molecule has 2 aliphatic rings. The number of hydrogen-bond donors (Lipinski definition) is 1. The van der Waals surface area contributed by atoms with Gasteiger partial charge >= 0.3 is 0 Å². The fourth-order valence-electron chi connectivity index (χ4n) is 2.86. The smallest absolute Gasteiger partial charge is 0.253 e. The number of nitrogens with one attached hydrogen (secondary N) is 1. The molecule has 0 spiro atoms. The van der Waals surface area contributed by atoms with E-state index in [1.807, 2.05) is 30.2 Å². The van der Waals surface area contributed by atoms with Crippen LogP contribution in [0.5, 0.6) is 5.75 Å². The Labute approximate surface area is 129 Å². The van der Waals surface area contributed by atoms with Crippen molar-refractivity contribution in [2.75, 3.05) is 26.7 Å². The van der Waals surface area contributed by atoms with Crippen molar-refractivity contribution < 1.29 is 9.53 Å². The molecule has 112 valence electrons. The monoisotopic (exact) mass is 306 g/mol. The van der Waals surface area contributed by atoms with Gasteiger partial charge in [-0.05, 0) is 50.2 Å². The van der Waals surface area contributed by atoms with Crippen LogP contribution < -0.4 is 10.1 Å². The molecule has 1 aromatic carbocycles. The number of benzene rings is 1. The number of amides is 1. The zero-order valence-electron chi connectivity index (χ0n) is 12.1. The SMILES string of the molecule is CN(C(=O)C1=Cc2cc(Cl)ccc2OC1)C1CCNCC1. The van der Waals surface area contributed by atoms with Crippen molar-refractivity contribution in [1.29, 1.82) is 0 Å². The van der Waals surface area contributed by atoms with E-state index in [2.05, 4.69) is 5.32 Å². The number of likely N-dealkylation sites (N-methyl/N-ethyl adjacent to an activating group) is 1. The summed E-state index contributed by atoms with van der Waals surface area (Å²) in [5.41, 5.74) is 1.56. The highest BCUT2D eigenvalue weighted by Gasteiger charge is 2.26. The molecule has 1 aromatic rings. The minimum atomic E-state index is 0.0486. The zero-order chi connectivity index (χ0) is 14.8. The van der Waals surface area contributed by atoms with E-state index in [-0.39, 0.29) is 5.91 Å². The van der Waals surface area contributed by atoms with Crippen LogP contribution in [0.25, 0.3) is 6.08 Å². The summed E-state index contributed by atoms with van der Waals surface area (Å²) in [6.07, 6.45) is 3.89. The van der Waals surface area contributed by atoms with Crippen LogP contribution in [-0.2, 0) is 4.79 Å². The van der Waals surface area contributed by atoms with Crippen LogP contribution in [0.2, 0.25) is 5.02 Å². The first-order valence-corrected chi connectivity index (χ1v) is 7.64. The van der Waals surface area contributed by atoms with Crippen LogP contribution in [0, 0.1) is 0 Å². The van der Waals surface area contributed by atoms with Gasteiger partial charge in [-0.15, -0.1) is 0 Å². The van der Waals surface area contributed by atoms with E-state index in [4.69, 9.17) is 16.3 Å². The Morgan fingerprint density at radius 1 is 1.38 bits per heavy atom. The van der Waals surface area contributed by atoms with Crippen molar-refractivity contribution in [3.63, 3.8) is 0 Å². The van der Waals surface area contributed by atoms with Crippen LogP contribution in [0.1, 0.15) is 18.4 Å². The number of nitrogens with zero attached hydrogens (tertiary/aromatic N) is 1. The van der Waals surface area contributed by atoms with Gasteiger partial charge < -0.3 is 15.0 Å². The molecule has 0 atom stereocenters. The second-order valence-electron chi connectivity index (χ2n) is 5.54. The van der Waals surface area contributed by atoms with E-state index in [0.717, 1.165) is 37.2 Å². The maximum atomic E-state index is 12.6. The van der Waals surface area contributed by atoms with Crippen molar-refractivity contribution in [3.8, 4) is 5.75 Å². The Morgan fingerprint density at radius 2 is 2.14 bits per heavy atom.